The summed E-state index contributed by atoms with van der Waals surface area (Å²) in [6, 6.07) is 4.93. The zero-order valence-corrected chi connectivity index (χ0v) is 13.3. The highest BCUT2D eigenvalue weighted by Gasteiger charge is 2.32. The first-order valence-corrected chi connectivity index (χ1v) is 8.70. The lowest BCUT2D eigenvalue weighted by Gasteiger charge is -2.17. The number of pyridine rings is 1. The molecule has 1 aromatic heterocycles. The van der Waals surface area contributed by atoms with Crippen molar-refractivity contribution >= 4 is 20.8 Å². The number of aliphatic hydroxyl groups is 1. The van der Waals surface area contributed by atoms with Crippen LogP contribution >= 0.6 is 0 Å². The Morgan fingerprint density at radius 3 is 2.91 bits per heavy atom. The molecule has 1 fully saturated rings. The number of hydrogen-bond acceptors (Lipinski definition) is 5. The van der Waals surface area contributed by atoms with Gasteiger partial charge in [0.25, 0.3) is 0 Å². The van der Waals surface area contributed by atoms with Crippen LogP contribution in [-0.4, -0.2) is 48.6 Å². The first-order valence-electron chi connectivity index (χ1n) is 7.26. The van der Waals surface area contributed by atoms with E-state index in [9.17, 15) is 8.42 Å². The third-order valence-electron chi connectivity index (χ3n) is 3.85. The van der Waals surface area contributed by atoms with Gasteiger partial charge in [-0.1, -0.05) is 24.0 Å². The summed E-state index contributed by atoms with van der Waals surface area (Å²) in [5.74, 6) is 5.33. The molecule has 2 heterocycles. The van der Waals surface area contributed by atoms with Gasteiger partial charge in [0.05, 0.1) is 10.5 Å². The van der Waals surface area contributed by atoms with Crippen molar-refractivity contribution in [3.8, 4) is 11.8 Å². The Kier molecular flexibility index (Phi) is 4.33. The third kappa shape index (κ3) is 2.94. The van der Waals surface area contributed by atoms with Crippen LogP contribution in [0.25, 0.3) is 10.8 Å². The summed E-state index contributed by atoms with van der Waals surface area (Å²) < 4.78 is 27.4. The summed E-state index contributed by atoms with van der Waals surface area (Å²) in [6.45, 7) is 0.441. The largest absolute Gasteiger partial charge is 0.384 e. The topological polar surface area (TPSA) is 96.5 Å². The van der Waals surface area contributed by atoms with Crippen molar-refractivity contribution in [2.24, 2.45) is 5.73 Å². The average molecular weight is 331 g/mol. The normalized spacial score (nSPS) is 18.8. The minimum Gasteiger partial charge on any atom is -0.384 e. The van der Waals surface area contributed by atoms with Gasteiger partial charge in [-0.15, -0.1) is 0 Å². The van der Waals surface area contributed by atoms with Crippen LogP contribution in [0.5, 0.6) is 0 Å². The Hall–Kier alpha value is -1.98. The van der Waals surface area contributed by atoms with Crippen molar-refractivity contribution in [1.82, 2.24) is 9.29 Å². The fourth-order valence-electron chi connectivity index (χ4n) is 2.76. The van der Waals surface area contributed by atoms with E-state index in [2.05, 4.69) is 16.8 Å². The van der Waals surface area contributed by atoms with E-state index >= 15 is 0 Å². The van der Waals surface area contributed by atoms with Crippen LogP contribution in [0.2, 0.25) is 0 Å². The van der Waals surface area contributed by atoms with E-state index in [1.165, 1.54) is 10.5 Å². The van der Waals surface area contributed by atoms with Crippen molar-refractivity contribution in [2.45, 2.75) is 17.4 Å². The van der Waals surface area contributed by atoms with Gasteiger partial charge in [-0.05, 0) is 12.5 Å². The van der Waals surface area contributed by atoms with Gasteiger partial charge >= 0.3 is 0 Å². The predicted molar refractivity (Wildman–Crippen MR) is 87.1 cm³/mol. The molecular formula is C16H17N3O3S. The van der Waals surface area contributed by atoms with E-state index in [4.69, 9.17) is 10.8 Å². The molecule has 23 heavy (non-hydrogen) atoms. The number of aromatic nitrogens is 1. The molecule has 0 saturated carbocycles. The second-order valence-electron chi connectivity index (χ2n) is 5.41. The number of hydrogen-bond donors (Lipinski definition) is 2. The summed E-state index contributed by atoms with van der Waals surface area (Å²) in [4.78, 5) is 4.29. The van der Waals surface area contributed by atoms with Gasteiger partial charge in [-0.2, -0.15) is 4.31 Å². The molecule has 0 amide bonds. The van der Waals surface area contributed by atoms with Gasteiger partial charge in [-0.3, -0.25) is 4.98 Å². The average Bonchev–Trinajstić information content (AvgIpc) is 2.99. The van der Waals surface area contributed by atoms with Crippen molar-refractivity contribution in [1.29, 1.82) is 0 Å². The maximum Gasteiger partial charge on any atom is 0.243 e. The fraction of sp³-hybridized carbons (Fsp3) is 0.312. The van der Waals surface area contributed by atoms with E-state index in [0.29, 0.717) is 35.8 Å². The predicted octanol–water partition coefficient (Wildman–Crippen LogP) is 0.300. The standard InChI is InChI=1S/C16H17N3O3S/c17-14-6-7-19(11-14)23(21,22)15-5-1-3-12-9-18-10-13(16(12)15)4-2-8-20/h1,3,5,9-10,14,20H,6-8,11,17H2/t14-/m0/s1. The second-order valence-corrected chi connectivity index (χ2v) is 7.32. The molecule has 2 aromatic rings. The molecule has 1 aromatic carbocycles. The van der Waals surface area contributed by atoms with Crippen molar-refractivity contribution in [2.75, 3.05) is 19.7 Å². The third-order valence-corrected chi connectivity index (χ3v) is 5.76. The SMILES string of the molecule is N[C@H]1CCN(S(=O)(=O)c2cccc3cncc(C#CCO)c23)C1. The Morgan fingerprint density at radius 1 is 1.39 bits per heavy atom. The molecule has 0 spiro atoms. The van der Waals surface area contributed by atoms with Crippen LogP contribution in [-0.2, 0) is 10.0 Å². The number of benzene rings is 1. The minimum atomic E-state index is -3.65. The summed E-state index contributed by atoms with van der Waals surface area (Å²) in [5.41, 5.74) is 6.33. The summed E-state index contributed by atoms with van der Waals surface area (Å²) in [5, 5.41) is 10.1. The number of sulfonamides is 1. The van der Waals surface area contributed by atoms with Crippen LogP contribution < -0.4 is 5.73 Å². The molecule has 1 atom stereocenters. The monoisotopic (exact) mass is 331 g/mol. The molecule has 3 N–H and O–H groups in total. The molecular weight excluding hydrogens is 314 g/mol. The number of nitrogens with two attached hydrogens (primary N) is 1. The van der Waals surface area contributed by atoms with Gasteiger partial charge in [-0.25, -0.2) is 8.42 Å². The van der Waals surface area contributed by atoms with Gasteiger partial charge < -0.3 is 10.8 Å². The number of nitrogens with zero attached hydrogens (tertiary/aromatic N) is 2. The molecule has 0 unspecified atom stereocenters. The van der Waals surface area contributed by atoms with E-state index in [1.807, 2.05) is 0 Å². The van der Waals surface area contributed by atoms with E-state index in [1.54, 1.807) is 24.4 Å². The van der Waals surface area contributed by atoms with E-state index < -0.39 is 10.0 Å². The Balaban J connectivity index is 2.21. The lowest BCUT2D eigenvalue weighted by Crippen LogP contribution is -2.32. The van der Waals surface area contributed by atoms with Gasteiger partial charge in [0.1, 0.15) is 6.61 Å². The number of aliphatic hydroxyl groups excluding tert-OH is 1. The molecule has 1 aliphatic heterocycles. The van der Waals surface area contributed by atoms with E-state index in [0.717, 1.165) is 0 Å². The highest BCUT2D eigenvalue weighted by atomic mass is 32.2. The first kappa shape index (κ1) is 15.9. The minimum absolute atomic E-state index is 0.130. The molecule has 1 saturated heterocycles. The molecule has 3 rings (SSSR count). The summed E-state index contributed by atoms with van der Waals surface area (Å²) in [7, 11) is -3.65. The fourth-order valence-corrected chi connectivity index (χ4v) is 4.50. The van der Waals surface area contributed by atoms with Crippen LogP contribution in [0.15, 0.2) is 35.5 Å². The molecule has 1 aliphatic rings. The lowest BCUT2D eigenvalue weighted by atomic mass is 10.1. The number of rotatable bonds is 2. The quantitative estimate of drug-likeness (QED) is 0.772. The Morgan fingerprint density at radius 2 is 2.22 bits per heavy atom. The molecule has 120 valence electrons. The smallest absolute Gasteiger partial charge is 0.243 e. The van der Waals surface area contributed by atoms with Gasteiger partial charge in [0.15, 0.2) is 0 Å². The summed E-state index contributed by atoms with van der Waals surface area (Å²) in [6.07, 6.45) is 3.77. The van der Waals surface area contributed by atoms with E-state index in [-0.39, 0.29) is 17.5 Å². The number of fused-ring (bicyclic) bond motifs is 1. The van der Waals surface area contributed by atoms with Crippen molar-refractivity contribution in [3.05, 3.63) is 36.2 Å². The first-order chi connectivity index (χ1) is 11.0. The van der Waals surface area contributed by atoms with Gasteiger partial charge in [0.2, 0.25) is 10.0 Å². The van der Waals surface area contributed by atoms with Crippen molar-refractivity contribution < 1.29 is 13.5 Å². The van der Waals surface area contributed by atoms with Gasteiger partial charge in [0, 0.05) is 42.3 Å². The molecule has 7 heteroatoms. The lowest BCUT2D eigenvalue weighted by molar-refractivity contribution is 0.350. The maximum atomic E-state index is 13.0. The highest BCUT2D eigenvalue weighted by Crippen LogP contribution is 2.29. The van der Waals surface area contributed by atoms with Crippen LogP contribution in [0.3, 0.4) is 0 Å². The molecule has 0 radical (unpaired) electrons. The Labute approximate surface area is 135 Å². The zero-order chi connectivity index (χ0) is 16.4. The second kappa shape index (κ2) is 6.26. The zero-order valence-electron chi connectivity index (χ0n) is 12.4. The maximum absolute atomic E-state index is 13.0. The van der Waals surface area contributed by atoms with Crippen LogP contribution in [0, 0.1) is 11.8 Å². The summed E-state index contributed by atoms with van der Waals surface area (Å²) >= 11 is 0. The molecule has 6 nitrogen and oxygen atoms in total. The van der Waals surface area contributed by atoms with Crippen LogP contribution in [0.1, 0.15) is 12.0 Å². The highest BCUT2D eigenvalue weighted by molar-refractivity contribution is 7.89. The van der Waals surface area contributed by atoms with Crippen LogP contribution in [0.4, 0.5) is 0 Å². The van der Waals surface area contributed by atoms with Crippen molar-refractivity contribution in [3.63, 3.8) is 0 Å². The Bertz CT molecular complexity index is 894. The molecule has 0 bridgehead atoms. The molecule has 0 aliphatic carbocycles.